The second kappa shape index (κ2) is 3.52. The molecule has 0 atom stereocenters. The Balaban J connectivity index is 3.07. The van der Waals surface area contributed by atoms with E-state index in [-0.39, 0.29) is 5.82 Å². The molecule has 0 spiro atoms. The summed E-state index contributed by atoms with van der Waals surface area (Å²) in [6.07, 6.45) is 0. The van der Waals surface area contributed by atoms with Gasteiger partial charge in [-0.25, -0.2) is 4.39 Å². The Morgan fingerprint density at radius 1 is 1.50 bits per heavy atom. The standard InChI is InChI=1S/C6H4BrFIN/c7-10-6-2-1-4(8)3-5(6)9/h1-3,10H. The van der Waals surface area contributed by atoms with E-state index < -0.39 is 0 Å². The molecule has 0 amide bonds. The summed E-state index contributed by atoms with van der Waals surface area (Å²) in [4.78, 5) is 0. The molecule has 10 heavy (non-hydrogen) atoms. The average molecular weight is 316 g/mol. The highest BCUT2D eigenvalue weighted by atomic mass is 127. The lowest BCUT2D eigenvalue weighted by Crippen LogP contribution is -1.84. The average Bonchev–Trinajstić information content (AvgIpc) is 1.88. The van der Waals surface area contributed by atoms with Gasteiger partial charge in [0.1, 0.15) is 5.82 Å². The third-order valence-electron chi connectivity index (χ3n) is 1.03. The van der Waals surface area contributed by atoms with Crippen molar-refractivity contribution >= 4 is 44.4 Å². The third kappa shape index (κ3) is 1.82. The fourth-order valence-corrected chi connectivity index (χ4v) is 1.89. The van der Waals surface area contributed by atoms with Crippen molar-refractivity contribution in [1.82, 2.24) is 0 Å². The maximum Gasteiger partial charge on any atom is 0.124 e. The van der Waals surface area contributed by atoms with Gasteiger partial charge in [-0.15, -0.1) is 0 Å². The first-order valence-corrected chi connectivity index (χ1v) is 4.43. The van der Waals surface area contributed by atoms with Crippen molar-refractivity contribution in [1.29, 1.82) is 0 Å². The molecule has 4 heteroatoms. The molecule has 1 nitrogen and oxygen atoms in total. The first-order chi connectivity index (χ1) is 4.74. The predicted molar refractivity (Wildman–Crippen MR) is 51.7 cm³/mol. The van der Waals surface area contributed by atoms with E-state index in [0.29, 0.717) is 0 Å². The summed E-state index contributed by atoms with van der Waals surface area (Å²) in [6, 6.07) is 4.54. The van der Waals surface area contributed by atoms with Crippen LogP contribution in [0.3, 0.4) is 0 Å². The molecule has 1 N–H and O–H groups in total. The Labute approximate surface area is 80.5 Å². The number of halogens is 3. The van der Waals surface area contributed by atoms with Gasteiger partial charge in [-0.2, -0.15) is 0 Å². The van der Waals surface area contributed by atoms with E-state index in [1.807, 2.05) is 0 Å². The van der Waals surface area contributed by atoms with E-state index in [9.17, 15) is 4.39 Å². The van der Waals surface area contributed by atoms with Crippen LogP contribution in [-0.2, 0) is 0 Å². The number of rotatable bonds is 1. The smallest absolute Gasteiger partial charge is 0.124 e. The van der Waals surface area contributed by atoms with E-state index >= 15 is 0 Å². The summed E-state index contributed by atoms with van der Waals surface area (Å²) in [7, 11) is 0. The Morgan fingerprint density at radius 2 is 2.20 bits per heavy atom. The second-order valence-electron chi connectivity index (χ2n) is 1.72. The molecule has 0 fully saturated rings. The van der Waals surface area contributed by atoms with Gasteiger partial charge in [0.05, 0.1) is 5.69 Å². The maximum absolute atomic E-state index is 12.4. The summed E-state index contributed by atoms with van der Waals surface area (Å²) < 4.78 is 16.1. The number of anilines is 1. The number of nitrogens with one attached hydrogen (secondary N) is 1. The van der Waals surface area contributed by atoms with Crippen LogP contribution in [0.4, 0.5) is 10.1 Å². The van der Waals surface area contributed by atoms with Crippen LogP contribution in [0.15, 0.2) is 18.2 Å². The van der Waals surface area contributed by atoms with E-state index in [2.05, 4.69) is 43.1 Å². The minimum Gasteiger partial charge on any atom is -0.321 e. The molecule has 0 saturated heterocycles. The Kier molecular flexibility index (Phi) is 2.91. The predicted octanol–water partition coefficient (Wildman–Crippen LogP) is 3.15. The molecule has 0 radical (unpaired) electrons. The van der Waals surface area contributed by atoms with Crippen molar-refractivity contribution in [2.75, 3.05) is 4.34 Å². The van der Waals surface area contributed by atoms with Crippen LogP contribution in [0.5, 0.6) is 0 Å². The molecular formula is C6H4BrFIN. The Hall–Kier alpha value is 0.160. The summed E-state index contributed by atoms with van der Waals surface area (Å²) in [5.74, 6) is -0.212. The van der Waals surface area contributed by atoms with Crippen LogP contribution in [0.25, 0.3) is 0 Å². The maximum atomic E-state index is 12.4. The van der Waals surface area contributed by atoms with Gasteiger partial charge in [0.15, 0.2) is 0 Å². The summed E-state index contributed by atoms with van der Waals surface area (Å²) in [5.41, 5.74) is 0.877. The van der Waals surface area contributed by atoms with Crippen LogP contribution in [0, 0.1) is 9.39 Å². The van der Waals surface area contributed by atoms with Crippen molar-refractivity contribution in [3.8, 4) is 0 Å². The van der Waals surface area contributed by atoms with E-state index in [0.717, 1.165) is 9.26 Å². The van der Waals surface area contributed by atoms with E-state index in [4.69, 9.17) is 0 Å². The number of benzene rings is 1. The van der Waals surface area contributed by atoms with Gasteiger partial charge in [-0.05, 0) is 40.8 Å². The lowest BCUT2D eigenvalue weighted by molar-refractivity contribution is 0.627. The summed E-state index contributed by atoms with van der Waals surface area (Å²) in [5, 5.41) is 0. The van der Waals surface area contributed by atoms with Crippen molar-refractivity contribution in [2.24, 2.45) is 0 Å². The van der Waals surface area contributed by atoms with E-state index in [1.54, 1.807) is 6.07 Å². The topological polar surface area (TPSA) is 12.0 Å². The van der Waals surface area contributed by atoms with Gasteiger partial charge in [0, 0.05) is 19.7 Å². The monoisotopic (exact) mass is 315 g/mol. The first-order valence-electron chi connectivity index (χ1n) is 2.55. The molecule has 0 heterocycles. The van der Waals surface area contributed by atoms with Crippen LogP contribution >= 0.6 is 38.7 Å². The lowest BCUT2D eigenvalue weighted by Gasteiger charge is -1.99. The van der Waals surface area contributed by atoms with Crippen molar-refractivity contribution in [3.63, 3.8) is 0 Å². The van der Waals surface area contributed by atoms with Gasteiger partial charge in [0.2, 0.25) is 0 Å². The Bertz CT molecular complexity index is 241. The van der Waals surface area contributed by atoms with Gasteiger partial charge >= 0.3 is 0 Å². The highest BCUT2D eigenvalue weighted by Crippen LogP contribution is 2.19. The fraction of sp³-hybridized carbons (Fsp3) is 0. The zero-order valence-electron chi connectivity index (χ0n) is 4.87. The summed E-state index contributed by atoms with van der Waals surface area (Å²) >= 11 is 5.11. The molecular weight excluding hydrogens is 312 g/mol. The number of hydrogen-bond acceptors (Lipinski definition) is 1. The highest BCUT2D eigenvalue weighted by molar-refractivity contribution is 14.1. The molecule has 0 saturated carbocycles. The molecule has 1 aromatic rings. The van der Waals surface area contributed by atoms with Crippen LogP contribution < -0.4 is 4.34 Å². The van der Waals surface area contributed by atoms with Gasteiger partial charge in [0.25, 0.3) is 0 Å². The fourth-order valence-electron chi connectivity index (χ4n) is 0.566. The van der Waals surface area contributed by atoms with Gasteiger partial charge < -0.3 is 4.34 Å². The van der Waals surface area contributed by atoms with Crippen molar-refractivity contribution < 1.29 is 4.39 Å². The van der Waals surface area contributed by atoms with E-state index in [1.165, 1.54) is 12.1 Å². The van der Waals surface area contributed by atoms with Gasteiger partial charge in [-0.3, -0.25) is 0 Å². The molecule has 0 aliphatic heterocycles. The van der Waals surface area contributed by atoms with Crippen LogP contribution in [0.2, 0.25) is 0 Å². The molecule has 0 aromatic heterocycles. The van der Waals surface area contributed by atoms with Crippen molar-refractivity contribution in [2.45, 2.75) is 0 Å². The normalized spacial score (nSPS) is 9.50. The molecule has 54 valence electrons. The molecule has 0 bridgehead atoms. The first kappa shape index (κ1) is 8.26. The molecule has 0 aliphatic carbocycles. The molecule has 0 unspecified atom stereocenters. The lowest BCUT2D eigenvalue weighted by atomic mass is 10.3. The number of hydrogen-bond donors (Lipinski definition) is 1. The molecule has 1 rings (SSSR count). The molecule has 1 aromatic carbocycles. The summed E-state index contributed by atoms with van der Waals surface area (Å²) in [6.45, 7) is 0. The SMILES string of the molecule is Fc1ccc(NBr)c(I)c1. The minimum atomic E-state index is -0.212. The zero-order valence-corrected chi connectivity index (χ0v) is 8.61. The van der Waals surface area contributed by atoms with Crippen LogP contribution in [0.1, 0.15) is 0 Å². The quantitative estimate of drug-likeness (QED) is 0.620. The zero-order chi connectivity index (χ0) is 7.56. The van der Waals surface area contributed by atoms with Crippen molar-refractivity contribution in [3.05, 3.63) is 27.6 Å². The Morgan fingerprint density at radius 3 is 2.70 bits per heavy atom. The second-order valence-corrected chi connectivity index (χ2v) is 3.28. The van der Waals surface area contributed by atoms with Gasteiger partial charge in [-0.1, -0.05) is 0 Å². The minimum absolute atomic E-state index is 0.212. The third-order valence-corrected chi connectivity index (χ3v) is 2.35. The highest BCUT2D eigenvalue weighted by Gasteiger charge is 1.97. The largest absolute Gasteiger partial charge is 0.321 e. The molecule has 0 aliphatic rings. The van der Waals surface area contributed by atoms with Crippen LogP contribution in [-0.4, -0.2) is 0 Å².